The summed E-state index contributed by atoms with van der Waals surface area (Å²) in [7, 11) is 3.46. The van der Waals surface area contributed by atoms with Crippen LogP contribution in [0.4, 0.5) is 5.69 Å². The molecule has 0 aliphatic rings. The highest BCUT2D eigenvalue weighted by atomic mass is 79.9. The number of nitrogens with zero attached hydrogens (tertiary/aromatic N) is 1. The Hall–Kier alpha value is -0.780. The van der Waals surface area contributed by atoms with E-state index in [0.717, 1.165) is 15.9 Å². The summed E-state index contributed by atoms with van der Waals surface area (Å²) < 4.78 is 5.99. The quantitative estimate of drug-likeness (QED) is 0.857. The third-order valence-corrected chi connectivity index (χ3v) is 2.89. The van der Waals surface area contributed by atoms with Crippen LogP contribution in [0.15, 0.2) is 22.7 Å². The molecular formula is C11H16BrNO3. The van der Waals surface area contributed by atoms with Gasteiger partial charge in [0.1, 0.15) is 5.75 Å². The van der Waals surface area contributed by atoms with Crippen LogP contribution in [-0.4, -0.2) is 43.6 Å². The molecule has 0 aromatic heterocycles. The number of rotatable bonds is 5. The summed E-state index contributed by atoms with van der Waals surface area (Å²) in [6.07, 6.45) is -0.731. The second-order valence-electron chi connectivity index (χ2n) is 3.54. The Morgan fingerprint density at radius 3 is 2.69 bits per heavy atom. The molecular weight excluding hydrogens is 274 g/mol. The Morgan fingerprint density at radius 1 is 1.50 bits per heavy atom. The highest BCUT2D eigenvalue weighted by molar-refractivity contribution is 9.10. The lowest BCUT2D eigenvalue weighted by Crippen LogP contribution is -2.31. The fraction of sp³-hybridized carbons (Fsp3) is 0.455. The molecule has 0 saturated carbocycles. The summed E-state index contributed by atoms with van der Waals surface area (Å²) >= 11 is 3.40. The molecule has 0 spiro atoms. The molecule has 16 heavy (non-hydrogen) atoms. The molecule has 5 heteroatoms. The minimum atomic E-state index is -0.731. The second kappa shape index (κ2) is 6.08. The Balaban J connectivity index is 2.76. The van der Waals surface area contributed by atoms with Gasteiger partial charge in [0.2, 0.25) is 0 Å². The van der Waals surface area contributed by atoms with Gasteiger partial charge in [-0.1, -0.05) is 0 Å². The first kappa shape index (κ1) is 13.3. The number of hydrogen-bond acceptors (Lipinski definition) is 4. The second-order valence-corrected chi connectivity index (χ2v) is 4.39. The molecule has 1 aromatic carbocycles. The van der Waals surface area contributed by atoms with Crippen molar-refractivity contribution in [3.63, 3.8) is 0 Å². The van der Waals surface area contributed by atoms with Gasteiger partial charge in [0.25, 0.3) is 0 Å². The first-order valence-corrected chi connectivity index (χ1v) is 5.71. The van der Waals surface area contributed by atoms with Crippen molar-refractivity contribution >= 4 is 21.6 Å². The minimum Gasteiger partial charge on any atom is -0.496 e. The van der Waals surface area contributed by atoms with E-state index in [1.165, 1.54) is 0 Å². The van der Waals surface area contributed by atoms with Gasteiger partial charge in [-0.25, -0.2) is 0 Å². The maximum Gasteiger partial charge on any atom is 0.133 e. The van der Waals surface area contributed by atoms with Gasteiger partial charge in [-0.3, -0.25) is 0 Å². The monoisotopic (exact) mass is 289 g/mol. The molecule has 0 radical (unpaired) electrons. The van der Waals surface area contributed by atoms with Gasteiger partial charge >= 0.3 is 0 Å². The van der Waals surface area contributed by atoms with E-state index in [0.29, 0.717) is 6.54 Å². The van der Waals surface area contributed by atoms with Crippen LogP contribution in [0, 0.1) is 0 Å². The van der Waals surface area contributed by atoms with E-state index < -0.39 is 6.10 Å². The van der Waals surface area contributed by atoms with Crippen LogP contribution in [-0.2, 0) is 0 Å². The Bertz CT molecular complexity index is 346. The molecule has 0 bridgehead atoms. The van der Waals surface area contributed by atoms with E-state index in [1.54, 1.807) is 7.11 Å². The number of hydrogen-bond donors (Lipinski definition) is 2. The maximum atomic E-state index is 9.33. The SMILES string of the molecule is COc1ccc(N(C)CC(O)CO)cc1Br. The lowest BCUT2D eigenvalue weighted by atomic mass is 10.2. The normalized spacial score (nSPS) is 12.3. The summed E-state index contributed by atoms with van der Waals surface area (Å²) in [4.78, 5) is 1.87. The maximum absolute atomic E-state index is 9.33. The van der Waals surface area contributed by atoms with Gasteiger partial charge in [0, 0.05) is 19.3 Å². The van der Waals surface area contributed by atoms with Crippen molar-refractivity contribution in [3.8, 4) is 5.75 Å². The van der Waals surface area contributed by atoms with Crippen LogP contribution in [0.1, 0.15) is 0 Å². The van der Waals surface area contributed by atoms with Crippen LogP contribution in [0.2, 0.25) is 0 Å². The molecule has 0 aliphatic carbocycles. The summed E-state index contributed by atoms with van der Waals surface area (Å²) in [5.41, 5.74) is 0.945. The van der Waals surface area contributed by atoms with Crippen molar-refractivity contribution in [3.05, 3.63) is 22.7 Å². The van der Waals surface area contributed by atoms with Crippen LogP contribution in [0.5, 0.6) is 5.75 Å². The van der Waals surface area contributed by atoms with E-state index in [9.17, 15) is 5.11 Å². The van der Waals surface area contributed by atoms with Crippen molar-refractivity contribution in [1.29, 1.82) is 0 Å². The van der Waals surface area contributed by atoms with Gasteiger partial charge < -0.3 is 19.8 Å². The van der Waals surface area contributed by atoms with Gasteiger partial charge in [0.15, 0.2) is 0 Å². The number of anilines is 1. The molecule has 1 atom stereocenters. The Kier molecular flexibility index (Phi) is 5.05. The number of likely N-dealkylation sites (N-methyl/N-ethyl adjacent to an activating group) is 1. The van der Waals surface area contributed by atoms with Crippen molar-refractivity contribution in [2.24, 2.45) is 0 Å². The number of halogens is 1. The van der Waals surface area contributed by atoms with Crippen LogP contribution < -0.4 is 9.64 Å². The Labute approximate surface area is 104 Å². The van der Waals surface area contributed by atoms with Gasteiger partial charge in [-0.15, -0.1) is 0 Å². The zero-order valence-corrected chi connectivity index (χ0v) is 10.9. The first-order valence-electron chi connectivity index (χ1n) is 4.92. The van der Waals surface area contributed by atoms with E-state index in [4.69, 9.17) is 9.84 Å². The minimum absolute atomic E-state index is 0.234. The number of benzene rings is 1. The number of methoxy groups -OCH3 is 1. The lowest BCUT2D eigenvalue weighted by Gasteiger charge is -2.22. The predicted octanol–water partition coefficient (Wildman–Crippen LogP) is 1.25. The topological polar surface area (TPSA) is 52.9 Å². The number of aliphatic hydroxyl groups excluding tert-OH is 2. The summed E-state index contributed by atoms with van der Waals surface area (Å²) in [6.45, 7) is 0.150. The van der Waals surface area contributed by atoms with Crippen molar-refractivity contribution in [2.45, 2.75) is 6.10 Å². The fourth-order valence-electron chi connectivity index (χ4n) is 1.37. The average Bonchev–Trinajstić information content (AvgIpc) is 2.28. The zero-order valence-electron chi connectivity index (χ0n) is 9.35. The highest BCUT2D eigenvalue weighted by Gasteiger charge is 2.09. The molecule has 2 N–H and O–H groups in total. The molecule has 0 aliphatic heterocycles. The molecule has 0 heterocycles. The molecule has 0 saturated heterocycles. The fourth-order valence-corrected chi connectivity index (χ4v) is 1.90. The highest BCUT2D eigenvalue weighted by Crippen LogP contribution is 2.29. The van der Waals surface area contributed by atoms with Crippen molar-refractivity contribution < 1.29 is 14.9 Å². The third-order valence-electron chi connectivity index (χ3n) is 2.27. The van der Waals surface area contributed by atoms with Crippen LogP contribution in [0.25, 0.3) is 0 Å². The van der Waals surface area contributed by atoms with Gasteiger partial charge in [0.05, 0.1) is 24.3 Å². The molecule has 90 valence electrons. The van der Waals surface area contributed by atoms with Crippen LogP contribution >= 0.6 is 15.9 Å². The smallest absolute Gasteiger partial charge is 0.133 e. The summed E-state index contributed by atoms with van der Waals surface area (Å²) in [5, 5.41) is 18.1. The molecule has 1 unspecified atom stereocenters. The number of ether oxygens (including phenoxy) is 1. The van der Waals surface area contributed by atoms with E-state index in [1.807, 2.05) is 30.1 Å². The van der Waals surface area contributed by atoms with Crippen LogP contribution in [0.3, 0.4) is 0 Å². The Morgan fingerprint density at radius 2 is 2.19 bits per heavy atom. The van der Waals surface area contributed by atoms with Crippen molar-refractivity contribution in [1.82, 2.24) is 0 Å². The standard InChI is InChI=1S/C11H16BrNO3/c1-13(6-9(15)7-14)8-3-4-11(16-2)10(12)5-8/h3-5,9,14-15H,6-7H2,1-2H3. The van der Waals surface area contributed by atoms with Gasteiger partial charge in [-0.05, 0) is 34.1 Å². The largest absolute Gasteiger partial charge is 0.496 e. The first-order chi connectivity index (χ1) is 7.58. The molecule has 4 nitrogen and oxygen atoms in total. The van der Waals surface area contributed by atoms with E-state index in [-0.39, 0.29) is 6.61 Å². The lowest BCUT2D eigenvalue weighted by molar-refractivity contribution is 0.101. The van der Waals surface area contributed by atoms with E-state index in [2.05, 4.69) is 15.9 Å². The number of aliphatic hydroxyl groups is 2. The zero-order chi connectivity index (χ0) is 12.1. The molecule has 1 rings (SSSR count). The van der Waals surface area contributed by atoms with Crippen molar-refractivity contribution in [2.75, 3.05) is 32.2 Å². The molecule has 0 fully saturated rings. The predicted molar refractivity (Wildman–Crippen MR) is 67.1 cm³/mol. The average molecular weight is 290 g/mol. The molecule has 1 aromatic rings. The summed E-state index contributed by atoms with van der Waals surface area (Å²) in [5.74, 6) is 0.764. The van der Waals surface area contributed by atoms with Gasteiger partial charge in [-0.2, -0.15) is 0 Å². The third kappa shape index (κ3) is 3.37. The molecule has 0 amide bonds. The summed E-state index contributed by atoms with van der Waals surface area (Å²) in [6, 6.07) is 5.65. The van der Waals surface area contributed by atoms with E-state index >= 15 is 0 Å².